The van der Waals surface area contributed by atoms with Gasteiger partial charge in [0.2, 0.25) is 0 Å². The first-order valence-electron chi connectivity index (χ1n) is 7.53. The molecule has 0 N–H and O–H groups in total. The van der Waals surface area contributed by atoms with Crippen LogP contribution in [0.1, 0.15) is 53.9 Å². The molecule has 0 radical (unpaired) electrons. The highest BCUT2D eigenvalue weighted by molar-refractivity contribution is 5.72. The van der Waals surface area contributed by atoms with Gasteiger partial charge in [-0.1, -0.05) is 12.0 Å². The number of esters is 1. The highest BCUT2D eigenvalue weighted by Gasteiger charge is 2.33. The smallest absolute Gasteiger partial charge is 0.452 e. The van der Waals surface area contributed by atoms with Crippen molar-refractivity contribution in [1.82, 2.24) is 0 Å². The summed E-state index contributed by atoms with van der Waals surface area (Å²) in [5.74, 6) is -0.0224. The molecule has 6 nitrogen and oxygen atoms in total. The summed E-state index contributed by atoms with van der Waals surface area (Å²) in [4.78, 5) is 23.3. The van der Waals surface area contributed by atoms with Crippen molar-refractivity contribution in [3.63, 3.8) is 0 Å². The van der Waals surface area contributed by atoms with Gasteiger partial charge in [-0.2, -0.15) is 5.11 Å². The molecule has 21 heavy (non-hydrogen) atoms. The van der Waals surface area contributed by atoms with Crippen molar-refractivity contribution < 1.29 is 19.1 Å². The van der Waals surface area contributed by atoms with Gasteiger partial charge in [-0.15, -0.1) is 0 Å². The zero-order valence-corrected chi connectivity index (χ0v) is 13.6. The highest BCUT2D eigenvalue weighted by Crippen LogP contribution is 2.32. The Hall–Kier alpha value is -1.46. The van der Waals surface area contributed by atoms with Gasteiger partial charge in [0.25, 0.3) is 0 Å². The van der Waals surface area contributed by atoms with Crippen molar-refractivity contribution in [2.24, 2.45) is 22.1 Å². The quantitative estimate of drug-likeness (QED) is 0.587. The van der Waals surface area contributed by atoms with E-state index >= 15 is 0 Å². The maximum absolute atomic E-state index is 11.8. The minimum atomic E-state index is -0.664. The molecule has 0 aliphatic heterocycles. The summed E-state index contributed by atoms with van der Waals surface area (Å²) >= 11 is 0. The van der Waals surface area contributed by atoms with E-state index in [4.69, 9.17) is 9.47 Å². The van der Waals surface area contributed by atoms with Gasteiger partial charge in [-0.25, -0.2) is 4.79 Å². The Balaban J connectivity index is 2.48. The van der Waals surface area contributed by atoms with Crippen molar-refractivity contribution in [3.05, 3.63) is 0 Å². The fourth-order valence-corrected chi connectivity index (χ4v) is 2.48. The lowest BCUT2D eigenvalue weighted by atomic mass is 9.78. The van der Waals surface area contributed by atoms with Crippen molar-refractivity contribution >= 4 is 12.1 Å². The first kappa shape index (κ1) is 17.6. The first-order valence-corrected chi connectivity index (χ1v) is 7.53. The van der Waals surface area contributed by atoms with E-state index in [-0.39, 0.29) is 23.8 Å². The van der Waals surface area contributed by atoms with E-state index in [9.17, 15) is 9.59 Å². The molecule has 0 heterocycles. The molecule has 0 bridgehead atoms. The fourth-order valence-electron chi connectivity index (χ4n) is 2.48. The number of carbonyl (C=O) groups is 2. The Kier molecular flexibility index (Phi) is 6.30. The van der Waals surface area contributed by atoms with Gasteiger partial charge in [0, 0.05) is 0 Å². The Labute approximate surface area is 126 Å². The third-order valence-electron chi connectivity index (χ3n) is 3.43. The van der Waals surface area contributed by atoms with Gasteiger partial charge < -0.3 is 9.47 Å². The number of ether oxygens (including phenoxy) is 2. The maximum atomic E-state index is 11.8. The van der Waals surface area contributed by atoms with Crippen molar-refractivity contribution in [1.29, 1.82) is 0 Å². The summed E-state index contributed by atoms with van der Waals surface area (Å²) in [5.41, 5.74) is -0.565. The van der Waals surface area contributed by atoms with Crippen LogP contribution in [0.4, 0.5) is 4.79 Å². The van der Waals surface area contributed by atoms with Crippen LogP contribution < -0.4 is 0 Å². The van der Waals surface area contributed by atoms with Crippen molar-refractivity contribution in [2.45, 2.75) is 65.5 Å². The molecule has 3 atom stereocenters. The number of rotatable bonds is 3. The lowest BCUT2D eigenvalue weighted by molar-refractivity contribution is -0.151. The summed E-state index contributed by atoms with van der Waals surface area (Å²) < 4.78 is 10.1. The second-order valence-electron chi connectivity index (χ2n) is 6.50. The number of azo groups is 1. The molecule has 1 aliphatic rings. The van der Waals surface area contributed by atoms with Crippen LogP contribution in [-0.4, -0.2) is 30.3 Å². The number of nitrogens with zero attached hydrogens (tertiary/aromatic N) is 2. The van der Waals surface area contributed by atoms with Crippen LogP contribution in [-0.2, 0) is 14.3 Å². The van der Waals surface area contributed by atoms with Crippen LogP contribution in [0.3, 0.4) is 0 Å². The van der Waals surface area contributed by atoms with Crippen LogP contribution in [0.2, 0.25) is 0 Å². The standard InChI is InChI=1S/C15H26N2O4/c1-6-20-13(18)12-8-7-11(9-10(12)2)16-17-14(19)21-15(3,4)5/h10-12H,6-9H2,1-5H3/b17-16+/t10-,11-,12-/m0/s1. The van der Waals surface area contributed by atoms with E-state index < -0.39 is 11.7 Å². The van der Waals surface area contributed by atoms with E-state index in [0.717, 1.165) is 19.3 Å². The van der Waals surface area contributed by atoms with Gasteiger partial charge in [0.15, 0.2) is 0 Å². The predicted octanol–water partition coefficient (Wildman–Crippen LogP) is 3.74. The minimum Gasteiger partial charge on any atom is -0.466 e. The zero-order valence-electron chi connectivity index (χ0n) is 13.6. The summed E-state index contributed by atoms with van der Waals surface area (Å²) in [7, 11) is 0. The van der Waals surface area contributed by atoms with Crippen LogP contribution in [0.5, 0.6) is 0 Å². The topological polar surface area (TPSA) is 77.3 Å². The van der Waals surface area contributed by atoms with Gasteiger partial charge in [0.05, 0.1) is 18.6 Å². The fraction of sp³-hybridized carbons (Fsp3) is 0.867. The molecule has 1 rings (SSSR count). The van der Waals surface area contributed by atoms with Crippen molar-refractivity contribution in [2.75, 3.05) is 6.61 Å². The Morgan fingerprint density at radius 2 is 1.90 bits per heavy atom. The molecule has 6 heteroatoms. The van der Waals surface area contributed by atoms with E-state index in [2.05, 4.69) is 10.2 Å². The maximum Gasteiger partial charge on any atom is 0.452 e. The summed E-state index contributed by atoms with van der Waals surface area (Å²) in [5, 5.41) is 7.68. The molecular formula is C15H26N2O4. The molecule has 0 saturated heterocycles. The van der Waals surface area contributed by atoms with E-state index in [1.807, 2.05) is 13.8 Å². The molecule has 0 unspecified atom stereocenters. The second-order valence-corrected chi connectivity index (χ2v) is 6.50. The third kappa shape index (κ3) is 6.23. The number of amides is 1. The average Bonchev–Trinajstić information content (AvgIpc) is 2.34. The Bertz CT molecular complexity index is 401. The molecule has 0 aromatic rings. The largest absolute Gasteiger partial charge is 0.466 e. The van der Waals surface area contributed by atoms with E-state index in [1.165, 1.54) is 0 Å². The molecule has 1 saturated carbocycles. The molecule has 0 aromatic heterocycles. The minimum absolute atomic E-state index is 0.0294. The van der Waals surface area contributed by atoms with Crippen LogP contribution in [0.25, 0.3) is 0 Å². The second kappa shape index (κ2) is 7.52. The highest BCUT2D eigenvalue weighted by atomic mass is 16.6. The predicted molar refractivity (Wildman–Crippen MR) is 78.0 cm³/mol. The lowest BCUT2D eigenvalue weighted by Gasteiger charge is -2.30. The Morgan fingerprint density at radius 3 is 2.43 bits per heavy atom. The number of hydrogen-bond acceptors (Lipinski definition) is 5. The van der Waals surface area contributed by atoms with Gasteiger partial charge in [-0.05, 0) is 52.9 Å². The van der Waals surface area contributed by atoms with Crippen LogP contribution >= 0.6 is 0 Å². The normalized spacial score (nSPS) is 26.6. The summed E-state index contributed by atoms with van der Waals surface area (Å²) in [6.07, 6.45) is 1.52. The van der Waals surface area contributed by atoms with Crippen molar-refractivity contribution in [3.8, 4) is 0 Å². The van der Waals surface area contributed by atoms with Crippen LogP contribution in [0.15, 0.2) is 10.2 Å². The molecule has 0 aromatic carbocycles. The molecule has 0 spiro atoms. The Morgan fingerprint density at radius 1 is 1.24 bits per heavy atom. The third-order valence-corrected chi connectivity index (χ3v) is 3.43. The molecule has 1 fully saturated rings. The lowest BCUT2D eigenvalue weighted by Crippen LogP contribution is -2.32. The number of carbonyl (C=O) groups excluding carboxylic acids is 2. The van der Waals surface area contributed by atoms with Gasteiger partial charge in [-0.3, -0.25) is 4.79 Å². The summed E-state index contributed by atoms with van der Waals surface area (Å²) in [6, 6.07) is -0.0294. The average molecular weight is 298 g/mol. The number of hydrogen-bond donors (Lipinski definition) is 0. The van der Waals surface area contributed by atoms with E-state index in [0.29, 0.717) is 6.61 Å². The van der Waals surface area contributed by atoms with Gasteiger partial charge >= 0.3 is 12.1 Å². The summed E-state index contributed by atoms with van der Waals surface area (Å²) in [6.45, 7) is 9.58. The zero-order chi connectivity index (χ0) is 16.0. The van der Waals surface area contributed by atoms with Gasteiger partial charge in [0.1, 0.15) is 5.60 Å². The molecule has 120 valence electrons. The molecular weight excluding hydrogens is 272 g/mol. The van der Waals surface area contributed by atoms with Crippen LogP contribution in [0, 0.1) is 11.8 Å². The molecule has 1 amide bonds. The molecule has 1 aliphatic carbocycles. The first-order chi connectivity index (χ1) is 9.73. The monoisotopic (exact) mass is 298 g/mol. The van der Waals surface area contributed by atoms with E-state index in [1.54, 1.807) is 20.8 Å². The SMILES string of the molecule is CCOC(=O)[C@H]1CC[C@H](/N=N/C(=O)OC(C)(C)C)C[C@@H]1C.